The van der Waals surface area contributed by atoms with E-state index in [9.17, 15) is 0 Å². The van der Waals surface area contributed by atoms with Gasteiger partial charge in [0.2, 0.25) is 0 Å². The molecule has 1 aromatic rings. The minimum atomic E-state index is 0.574. The Bertz CT molecular complexity index is 196. The van der Waals surface area contributed by atoms with Crippen LogP contribution in [0.3, 0.4) is 0 Å². The van der Waals surface area contributed by atoms with Gasteiger partial charge in [0.1, 0.15) is 6.26 Å². The first-order valence-electron chi connectivity index (χ1n) is 4.44. The average molecular weight is 168 g/mol. The van der Waals surface area contributed by atoms with Gasteiger partial charge in [-0.25, -0.2) is 0 Å². The summed E-state index contributed by atoms with van der Waals surface area (Å²) < 4.78 is 4.72. The van der Waals surface area contributed by atoms with Crippen molar-refractivity contribution in [1.82, 2.24) is 10.5 Å². The van der Waals surface area contributed by atoms with Crippen molar-refractivity contribution in [3.8, 4) is 0 Å². The zero-order valence-corrected chi connectivity index (χ0v) is 7.71. The molecular weight excluding hydrogens is 152 g/mol. The zero-order valence-electron chi connectivity index (χ0n) is 7.71. The average Bonchev–Trinajstić information content (AvgIpc) is 2.53. The molecule has 1 rings (SSSR count). The molecule has 68 valence electrons. The molecule has 3 heteroatoms. The normalized spacial score (nSPS) is 13.2. The molecule has 1 aromatic heterocycles. The summed E-state index contributed by atoms with van der Waals surface area (Å²) in [5.41, 5.74) is 1.11. The van der Waals surface area contributed by atoms with Gasteiger partial charge in [0, 0.05) is 18.2 Å². The molecule has 0 radical (unpaired) electrons. The molecule has 0 aromatic carbocycles. The maximum Gasteiger partial charge on any atom is 0.128 e. The Labute approximate surface area is 73.1 Å². The molecule has 0 aliphatic heterocycles. The maximum atomic E-state index is 4.72. The van der Waals surface area contributed by atoms with Crippen molar-refractivity contribution < 1.29 is 4.52 Å². The van der Waals surface area contributed by atoms with Crippen LogP contribution in [0.15, 0.2) is 17.0 Å². The van der Waals surface area contributed by atoms with Crippen LogP contribution >= 0.6 is 0 Å². The van der Waals surface area contributed by atoms with E-state index < -0.39 is 0 Å². The van der Waals surface area contributed by atoms with Gasteiger partial charge in [0.15, 0.2) is 0 Å². The summed E-state index contributed by atoms with van der Waals surface area (Å²) in [5, 5.41) is 7.02. The Hall–Kier alpha value is -0.830. The quantitative estimate of drug-likeness (QED) is 0.730. The van der Waals surface area contributed by atoms with Crippen LogP contribution in [0.5, 0.6) is 0 Å². The second-order valence-corrected chi connectivity index (χ2v) is 3.10. The maximum absolute atomic E-state index is 4.72. The fourth-order valence-corrected chi connectivity index (χ4v) is 1.14. The SMILES string of the molecule is CCCC(C)NCc1cnoc1. The number of rotatable bonds is 5. The van der Waals surface area contributed by atoms with Crippen LogP contribution in [0.4, 0.5) is 0 Å². The molecular formula is C9H16N2O. The highest BCUT2D eigenvalue weighted by molar-refractivity contribution is 4.99. The molecule has 1 unspecified atom stereocenters. The van der Waals surface area contributed by atoms with E-state index in [2.05, 4.69) is 24.3 Å². The number of hydrogen-bond acceptors (Lipinski definition) is 3. The summed E-state index contributed by atoms with van der Waals surface area (Å²) in [7, 11) is 0. The molecule has 1 atom stereocenters. The Kier molecular flexibility index (Phi) is 3.80. The molecule has 0 aliphatic carbocycles. The first kappa shape index (κ1) is 9.26. The van der Waals surface area contributed by atoms with Gasteiger partial charge in [0.25, 0.3) is 0 Å². The number of nitrogens with zero attached hydrogens (tertiary/aromatic N) is 1. The summed E-state index contributed by atoms with van der Waals surface area (Å²) in [6.07, 6.45) is 5.85. The summed E-state index contributed by atoms with van der Waals surface area (Å²) in [6, 6.07) is 0.574. The molecule has 1 N–H and O–H groups in total. The van der Waals surface area contributed by atoms with E-state index in [-0.39, 0.29) is 0 Å². The third-order valence-electron chi connectivity index (χ3n) is 1.86. The summed E-state index contributed by atoms with van der Waals surface area (Å²) in [5.74, 6) is 0. The summed E-state index contributed by atoms with van der Waals surface area (Å²) >= 11 is 0. The number of hydrogen-bond donors (Lipinski definition) is 1. The van der Waals surface area contributed by atoms with Crippen LogP contribution in [-0.2, 0) is 6.54 Å². The van der Waals surface area contributed by atoms with E-state index in [0.717, 1.165) is 12.1 Å². The predicted octanol–water partition coefficient (Wildman–Crippen LogP) is 1.95. The fraction of sp³-hybridized carbons (Fsp3) is 0.667. The fourth-order valence-electron chi connectivity index (χ4n) is 1.14. The van der Waals surface area contributed by atoms with Crippen LogP contribution in [-0.4, -0.2) is 11.2 Å². The van der Waals surface area contributed by atoms with Gasteiger partial charge in [-0.05, 0) is 13.3 Å². The highest BCUT2D eigenvalue weighted by Crippen LogP contribution is 1.99. The van der Waals surface area contributed by atoms with Crippen LogP contribution in [0.25, 0.3) is 0 Å². The minimum absolute atomic E-state index is 0.574. The van der Waals surface area contributed by atoms with Crippen LogP contribution in [0.2, 0.25) is 0 Å². The second-order valence-electron chi connectivity index (χ2n) is 3.10. The van der Waals surface area contributed by atoms with Crippen LogP contribution in [0, 0.1) is 0 Å². The molecule has 0 amide bonds. The highest BCUT2D eigenvalue weighted by Gasteiger charge is 2.00. The van der Waals surface area contributed by atoms with Gasteiger partial charge in [0.05, 0.1) is 6.20 Å². The third kappa shape index (κ3) is 3.05. The van der Waals surface area contributed by atoms with Crippen molar-refractivity contribution in [1.29, 1.82) is 0 Å². The molecule has 0 bridgehead atoms. The Morgan fingerprint density at radius 1 is 1.67 bits per heavy atom. The van der Waals surface area contributed by atoms with Crippen LogP contribution < -0.4 is 5.32 Å². The molecule has 0 saturated carbocycles. The van der Waals surface area contributed by atoms with Gasteiger partial charge in [-0.3, -0.25) is 0 Å². The van der Waals surface area contributed by atoms with Gasteiger partial charge < -0.3 is 9.84 Å². The zero-order chi connectivity index (χ0) is 8.81. The first-order valence-corrected chi connectivity index (χ1v) is 4.44. The Morgan fingerprint density at radius 3 is 3.08 bits per heavy atom. The lowest BCUT2D eigenvalue weighted by Gasteiger charge is -2.10. The van der Waals surface area contributed by atoms with Crippen molar-refractivity contribution in [3.05, 3.63) is 18.0 Å². The molecule has 0 fully saturated rings. The lowest BCUT2D eigenvalue weighted by atomic mass is 10.2. The van der Waals surface area contributed by atoms with E-state index in [0.29, 0.717) is 6.04 Å². The molecule has 0 saturated heterocycles. The molecule has 0 aliphatic rings. The van der Waals surface area contributed by atoms with Crippen molar-refractivity contribution >= 4 is 0 Å². The van der Waals surface area contributed by atoms with Crippen molar-refractivity contribution in [2.24, 2.45) is 0 Å². The molecule has 12 heavy (non-hydrogen) atoms. The number of aromatic nitrogens is 1. The van der Waals surface area contributed by atoms with Gasteiger partial charge in [-0.1, -0.05) is 18.5 Å². The Balaban J connectivity index is 2.17. The van der Waals surface area contributed by atoms with E-state index in [1.807, 2.05) is 0 Å². The topological polar surface area (TPSA) is 38.1 Å². The highest BCUT2D eigenvalue weighted by atomic mass is 16.5. The largest absolute Gasteiger partial charge is 0.364 e. The summed E-state index contributed by atoms with van der Waals surface area (Å²) in [6.45, 7) is 5.24. The Morgan fingerprint density at radius 2 is 2.50 bits per heavy atom. The minimum Gasteiger partial charge on any atom is -0.364 e. The third-order valence-corrected chi connectivity index (χ3v) is 1.86. The monoisotopic (exact) mass is 168 g/mol. The van der Waals surface area contributed by atoms with E-state index in [1.165, 1.54) is 12.8 Å². The van der Waals surface area contributed by atoms with Gasteiger partial charge in [-0.2, -0.15) is 0 Å². The summed E-state index contributed by atoms with van der Waals surface area (Å²) in [4.78, 5) is 0. The lowest BCUT2D eigenvalue weighted by molar-refractivity contribution is 0.418. The molecule has 0 spiro atoms. The van der Waals surface area contributed by atoms with E-state index in [4.69, 9.17) is 4.52 Å². The first-order chi connectivity index (χ1) is 5.83. The smallest absolute Gasteiger partial charge is 0.128 e. The lowest BCUT2D eigenvalue weighted by Crippen LogP contribution is -2.24. The van der Waals surface area contributed by atoms with Gasteiger partial charge >= 0.3 is 0 Å². The molecule has 3 nitrogen and oxygen atoms in total. The van der Waals surface area contributed by atoms with Crippen molar-refractivity contribution in [2.45, 2.75) is 39.3 Å². The van der Waals surface area contributed by atoms with Gasteiger partial charge in [-0.15, -0.1) is 0 Å². The predicted molar refractivity (Wildman–Crippen MR) is 47.7 cm³/mol. The van der Waals surface area contributed by atoms with Crippen LogP contribution in [0.1, 0.15) is 32.3 Å². The van der Waals surface area contributed by atoms with E-state index in [1.54, 1.807) is 12.5 Å². The van der Waals surface area contributed by atoms with Crippen molar-refractivity contribution in [2.75, 3.05) is 0 Å². The van der Waals surface area contributed by atoms with E-state index >= 15 is 0 Å². The number of nitrogens with one attached hydrogen (secondary N) is 1. The molecule has 1 heterocycles. The second kappa shape index (κ2) is 4.93. The standard InChI is InChI=1S/C9H16N2O/c1-3-4-8(2)10-5-9-6-11-12-7-9/h6-8,10H,3-5H2,1-2H3. The van der Waals surface area contributed by atoms with Crippen molar-refractivity contribution in [3.63, 3.8) is 0 Å².